The zero-order valence-corrected chi connectivity index (χ0v) is 22.7. The van der Waals surface area contributed by atoms with Crippen molar-refractivity contribution in [1.82, 2.24) is 19.8 Å². The number of nitrogens with one attached hydrogen (secondary N) is 1. The third-order valence-corrected chi connectivity index (χ3v) is 7.04. The van der Waals surface area contributed by atoms with Crippen molar-refractivity contribution in [2.75, 3.05) is 49.6 Å². The molecule has 2 atom stereocenters. The number of nitrogens with zero attached hydrogens (tertiary/aromatic N) is 5. The number of ether oxygens (including phenoxy) is 1. The second-order valence-electron chi connectivity index (χ2n) is 9.98. The molecule has 2 aliphatic rings. The Kier molecular flexibility index (Phi) is 9.17. The van der Waals surface area contributed by atoms with E-state index in [0.717, 1.165) is 44.5 Å². The highest BCUT2D eigenvalue weighted by Crippen LogP contribution is 2.45. The molecule has 2 saturated heterocycles. The highest BCUT2D eigenvalue weighted by molar-refractivity contribution is 6.10. The number of carbonyl (C=O) groups is 2. The molecule has 0 saturated carbocycles. The van der Waals surface area contributed by atoms with E-state index in [9.17, 15) is 46.1 Å². The third kappa shape index (κ3) is 6.83. The first-order chi connectivity index (χ1) is 20.1. The molecule has 3 amide bonds. The number of phenols is 1. The molecule has 1 aromatic carbocycles. The van der Waals surface area contributed by atoms with Crippen molar-refractivity contribution >= 4 is 29.7 Å². The van der Waals surface area contributed by atoms with Gasteiger partial charge in [-0.05, 0) is 49.7 Å². The van der Waals surface area contributed by atoms with Gasteiger partial charge in [0.1, 0.15) is 11.6 Å². The van der Waals surface area contributed by atoms with Gasteiger partial charge in [0.05, 0.1) is 31.2 Å². The maximum Gasteiger partial charge on any atom is 0.416 e. The van der Waals surface area contributed by atoms with Crippen LogP contribution in [0, 0.1) is 0 Å². The minimum Gasteiger partial charge on any atom is -0.508 e. The number of aromatic nitrogens is 2. The standard InChI is InChI=1S/C26H28F6N6O5/c1-24(26(30,31)32)22(41)37(20-15-34-19(14-35-20)33-5-2-6-36-7-9-43-10-8-36)23(42)38(24)21(40)4-3-16-11-17(25(27,28)29)13-18(39)12-16/h3-4,11-15,22,39,41H,2,5-10H2,1H3,(H,33,34)/b4-3+. The molecular formula is C26H28F6N6O5. The molecule has 1 aromatic heterocycles. The number of aromatic hydroxyl groups is 1. The second-order valence-corrected chi connectivity index (χ2v) is 9.98. The molecule has 2 aliphatic heterocycles. The highest BCUT2D eigenvalue weighted by atomic mass is 19.4. The van der Waals surface area contributed by atoms with Gasteiger partial charge in [-0.2, -0.15) is 26.3 Å². The summed E-state index contributed by atoms with van der Waals surface area (Å²) >= 11 is 0. The first-order valence-corrected chi connectivity index (χ1v) is 13.0. The lowest BCUT2D eigenvalue weighted by atomic mass is 9.98. The molecule has 17 heteroatoms. The van der Waals surface area contributed by atoms with Crippen molar-refractivity contribution in [2.24, 2.45) is 0 Å². The van der Waals surface area contributed by atoms with Crippen LogP contribution in [-0.2, 0) is 15.7 Å². The highest BCUT2D eigenvalue weighted by Gasteiger charge is 2.70. The van der Waals surface area contributed by atoms with Gasteiger partial charge in [0.15, 0.2) is 17.6 Å². The van der Waals surface area contributed by atoms with E-state index in [0.29, 0.717) is 51.0 Å². The van der Waals surface area contributed by atoms with E-state index in [1.165, 1.54) is 0 Å². The summed E-state index contributed by atoms with van der Waals surface area (Å²) in [6.45, 7) is 4.70. The van der Waals surface area contributed by atoms with Crippen LogP contribution >= 0.6 is 0 Å². The summed E-state index contributed by atoms with van der Waals surface area (Å²) < 4.78 is 87.3. The van der Waals surface area contributed by atoms with Crippen molar-refractivity contribution in [1.29, 1.82) is 0 Å². The van der Waals surface area contributed by atoms with Crippen LogP contribution in [0.25, 0.3) is 6.08 Å². The van der Waals surface area contributed by atoms with Gasteiger partial charge in [-0.25, -0.2) is 24.6 Å². The maximum absolute atomic E-state index is 14.3. The quantitative estimate of drug-likeness (QED) is 0.231. The molecule has 0 aliphatic carbocycles. The van der Waals surface area contributed by atoms with Gasteiger partial charge in [-0.3, -0.25) is 9.69 Å². The van der Waals surface area contributed by atoms with E-state index in [1.807, 2.05) is 0 Å². The monoisotopic (exact) mass is 618 g/mol. The van der Waals surface area contributed by atoms with Crippen molar-refractivity contribution in [3.8, 4) is 5.75 Å². The number of rotatable bonds is 8. The van der Waals surface area contributed by atoms with Crippen LogP contribution in [0.3, 0.4) is 0 Å². The molecule has 4 rings (SSSR count). The fraction of sp³-hybridized carbons (Fsp3) is 0.462. The summed E-state index contributed by atoms with van der Waals surface area (Å²) in [5, 5.41) is 23.3. The lowest BCUT2D eigenvalue weighted by Crippen LogP contribution is -2.61. The zero-order chi connectivity index (χ0) is 31.6. The number of anilines is 2. The van der Waals surface area contributed by atoms with Gasteiger partial charge in [-0.15, -0.1) is 0 Å². The van der Waals surface area contributed by atoms with Gasteiger partial charge in [-0.1, -0.05) is 0 Å². The number of hydrogen-bond acceptors (Lipinski definition) is 9. The van der Waals surface area contributed by atoms with E-state index >= 15 is 0 Å². The Hall–Kier alpha value is -3.96. The Bertz CT molecular complexity index is 1350. The number of phenolic OH excluding ortho intramolecular Hbond substituents is 1. The van der Waals surface area contributed by atoms with Crippen LogP contribution in [0.5, 0.6) is 5.75 Å². The van der Waals surface area contributed by atoms with E-state index in [1.54, 1.807) is 0 Å². The van der Waals surface area contributed by atoms with Crippen LogP contribution in [0.15, 0.2) is 36.7 Å². The molecule has 0 radical (unpaired) electrons. The number of urea groups is 1. The molecule has 234 valence electrons. The summed E-state index contributed by atoms with van der Waals surface area (Å²) in [7, 11) is 0. The molecule has 2 fully saturated rings. The van der Waals surface area contributed by atoms with Gasteiger partial charge < -0.3 is 20.3 Å². The van der Waals surface area contributed by atoms with Crippen LogP contribution in [0.1, 0.15) is 24.5 Å². The van der Waals surface area contributed by atoms with Crippen LogP contribution in [-0.4, -0.2) is 99.3 Å². The molecule has 2 aromatic rings. The summed E-state index contributed by atoms with van der Waals surface area (Å²) in [6, 6.07) is 0.218. The van der Waals surface area contributed by atoms with Crippen LogP contribution < -0.4 is 10.2 Å². The number of alkyl halides is 6. The summed E-state index contributed by atoms with van der Waals surface area (Å²) in [5.41, 5.74) is -5.12. The minimum absolute atomic E-state index is 0.249. The molecule has 11 nitrogen and oxygen atoms in total. The average Bonchev–Trinajstić information content (AvgIpc) is 3.15. The number of carbonyl (C=O) groups excluding carboxylic acids is 2. The number of hydrogen-bond donors (Lipinski definition) is 3. The third-order valence-electron chi connectivity index (χ3n) is 7.04. The molecule has 0 bridgehead atoms. The second kappa shape index (κ2) is 12.3. The zero-order valence-electron chi connectivity index (χ0n) is 22.7. The number of benzene rings is 1. The van der Waals surface area contributed by atoms with Crippen molar-refractivity contribution in [3.05, 3.63) is 47.8 Å². The normalized spacial score (nSPS) is 22.0. The van der Waals surface area contributed by atoms with E-state index < -0.39 is 53.2 Å². The summed E-state index contributed by atoms with van der Waals surface area (Å²) in [4.78, 5) is 36.3. The number of morpholine rings is 1. The largest absolute Gasteiger partial charge is 0.508 e. The van der Waals surface area contributed by atoms with Crippen molar-refractivity contribution in [2.45, 2.75) is 37.5 Å². The topological polar surface area (TPSA) is 131 Å². The maximum atomic E-state index is 14.3. The van der Waals surface area contributed by atoms with Crippen molar-refractivity contribution < 1.29 is 50.9 Å². The van der Waals surface area contributed by atoms with E-state index in [-0.39, 0.29) is 21.2 Å². The molecule has 0 spiro atoms. The van der Waals surface area contributed by atoms with Crippen LogP contribution in [0.4, 0.5) is 42.8 Å². The van der Waals surface area contributed by atoms with Gasteiger partial charge in [0, 0.05) is 25.7 Å². The number of amides is 3. The lowest BCUT2D eigenvalue weighted by molar-refractivity contribution is -0.232. The lowest BCUT2D eigenvalue weighted by Gasteiger charge is -2.35. The Morgan fingerprint density at radius 3 is 2.44 bits per heavy atom. The summed E-state index contributed by atoms with van der Waals surface area (Å²) in [6.07, 6.45) is -8.84. The molecule has 43 heavy (non-hydrogen) atoms. The van der Waals surface area contributed by atoms with Gasteiger partial charge >= 0.3 is 18.4 Å². The fourth-order valence-electron chi connectivity index (χ4n) is 4.61. The first kappa shape index (κ1) is 32.0. The Balaban J connectivity index is 1.51. The van der Waals surface area contributed by atoms with E-state index in [2.05, 4.69) is 20.2 Å². The number of aliphatic hydroxyl groups is 1. The number of imide groups is 1. The van der Waals surface area contributed by atoms with Gasteiger partial charge in [0.2, 0.25) is 0 Å². The smallest absolute Gasteiger partial charge is 0.416 e. The Morgan fingerprint density at radius 2 is 1.84 bits per heavy atom. The minimum atomic E-state index is -5.34. The first-order valence-electron chi connectivity index (χ1n) is 13.0. The Labute approximate surface area is 241 Å². The van der Waals surface area contributed by atoms with Crippen molar-refractivity contribution in [3.63, 3.8) is 0 Å². The predicted molar refractivity (Wildman–Crippen MR) is 140 cm³/mol. The molecular weight excluding hydrogens is 590 g/mol. The van der Waals surface area contributed by atoms with E-state index in [4.69, 9.17) is 4.74 Å². The van der Waals surface area contributed by atoms with Gasteiger partial charge in [0.25, 0.3) is 5.91 Å². The Morgan fingerprint density at radius 1 is 1.14 bits per heavy atom. The summed E-state index contributed by atoms with van der Waals surface area (Å²) in [5.74, 6) is -2.62. The number of aliphatic hydroxyl groups excluding tert-OH is 1. The fourth-order valence-corrected chi connectivity index (χ4v) is 4.61. The molecule has 3 N–H and O–H groups in total. The average molecular weight is 619 g/mol. The molecule has 3 heterocycles. The SMILES string of the molecule is CC1(C(F)(F)F)C(O)N(c2cnc(NCCCN3CCOCC3)cn2)C(=O)N1C(=O)/C=C/c1cc(O)cc(C(F)(F)F)c1. The predicted octanol–water partition coefficient (Wildman–Crippen LogP) is 3.46. The van der Waals surface area contributed by atoms with Crippen LogP contribution in [0.2, 0.25) is 0 Å². The molecule has 2 unspecified atom stereocenters. The number of halogens is 6.